The van der Waals surface area contributed by atoms with E-state index in [0.717, 1.165) is 27.7 Å². The highest BCUT2D eigenvalue weighted by atomic mass is 35.5. The minimum absolute atomic E-state index is 0. The van der Waals surface area contributed by atoms with Gasteiger partial charge in [0.15, 0.2) is 5.54 Å². The molecule has 6 rings (SSSR count). The Morgan fingerprint density at radius 2 is 0.988 bits per heavy atom. The van der Waals surface area contributed by atoms with Gasteiger partial charge in [0.1, 0.15) is 18.0 Å². The monoisotopic (exact) mass is 1220 g/mol. The topological polar surface area (TPSA) is 52.8 Å². The third-order valence-corrected chi connectivity index (χ3v) is 13.6. The highest BCUT2D eigenvalue weighted by Gasteiger charge is 2.92. The SMILES string of the molecule is CC1=CC(C)(C)N(CCC(F)(F)C(F)(F)C(F)(F)C(F)(F)C(F)(F)C(F)(F)F)c2cc3c(cc21)C(c1ccccc1C(=O)O)=c1cc2c(cc1O3)=[N+](CCC(F)(F)C(F)(F)C(F)(F)C(F)(F)C(F)(F)C(F)(F)F)C(C)(C)C=C2C.[Cl-]. The first-order chi connectivity index (χ1) is 35.2. The molecule has 3 aromatic carbocycles. The summed E-state index contributed by atoms with van der Waals surface area (Å²) in [6, 6.07) is 9.08. The van der Waals surface area contributed by atoms with Gasteiger partial charge in [0, 0.05) is 66.0 Å². The summed E-state index contributed by atoms with van der Waals surface area (Å²) in [7, 11) is 0. The molecule has 32 heteroatoms. The van der Waals surface area contributed by atoms with Crippen molar-refractivity contribution in [2.45, 2.75) is 137 Å². The Kier molecular flexibility index (Phi) is 15.7. The molecule has 0 saturated carbocycles. The summed E-state index contributed by atoms with van der Waals surface area (Å²) in [6.45, 7) is 4.09. The Balaban J connectivity index is 0.0000118. The van der Waals surface area contributed by atoms with Gasteiger partial charge in [-0.2, -0.15) is 114 Å². The molecule has 3 heterocycles. The molecule has 5 nitrogen and oxygen atoms in total. The maximum atomic E-state index is 15.3. The number of carbonyl (C=O) groups is 1. The van der Waals surface area contributed by atoms with Gasteiger partial charge >= 0.3 is 77.5 Å². The van der Waals surface area contributed by atoms with Crippen molar-refractivity contribution in [3.63, 3.8) is 0 Å². The number of hydrogen-bond donors (Lipinski definition) is 1. The van der Waals surface area contributed by atoms with Gasteiger partial charge in [-0.3, -0.25) is 0 Å². The zero-order valence-corrected chi connectivity index (χ0v) is 41.7. The number of ether oxygens (including phenoxy) is 1. The second-order valence-corrected chi connectivity index (χ2v) is 19.8. The average molecular weight is 1220 g/mol. The zero-order chi connectivity index (χ0) is 60.8. The number of halogens is 27. The van der Waals surface area contributed by atoms with E-state index < -0.39 is 143 Å². The van der Waals surface area contributed by atoms with E-state index in [4.69, 9.17) is 4.74 Å². The number of anilines is 1. The van der Waals surface area contributed by atoms with Crippen LogP contribution in [0.2, 0.25) is 0 Å². The van der Waals surface area contributed by atoms with E-state index in [1.54, 1.807) is 0 Å². The van der Waals surface area contributed by atoms with Crippen LogP contribution in [-0.4, -0.2) is 107 Å². The Labute approximate surface area is 439 Å². The first kappa shape index (κ1) is 65.2. The Morgan fingerprint density at radius 3 is 1.46 bits per heavy atom. The van der Waals surface area contributed by atoms with Crippen molar-refractivity contribution in [1.82, 2.24) is 4.58 Å². The van der Waals surface area contributed by atoms with E-state index >= 15 is 17.6 Å². The number of nitrogens with zero attached hydrogens (tertiary/aromatic N) is 2. The summed E-state index contributed by atoms with van der Waals surface area (Å²) in [5.74, 6) is -79.6. The van der Waals surface area contributed by atoms with Crippen LogP contribution in [-0.2, 0) is 0 Å². The van der Waals surface area contributed by atoms with Crippen LogP contribution in [0.5, 0.6) is 11.5 Å². The average Bonchev–Trinajstić information content (AvgIpc) is 3.27. The summed E-state index contributed by atoms with van der Waals surface area (Å²) in [5, 5.41) is 9.75. The molecular formula is C48H37ClF26N2O3. The van der Waals surface area contributed by atoms with Gasteiger partial charge in [-0.05, 0) is 68.7 Å². The Hall–Kier alpha value is -5.65. The van der Waals surface area contributed by atoms with Crippen molar-refractivity contribution in [3.8, 4) is 11.5 Å². The van der Waals surface area contributed by atoms with E-state index in [-0.39, 0.29) is 56.6 Å². The van der Waals surface area contributed by atoms with Gasteiger partial charge in [-0.1, -0.05) is 24.3 Å². The predicted molar refractivity (Wildman–Crippen MR) is 227 cm³/mol. The molecule has 80 heavy (non-hydrogen) atoms. The van der Waals surface area contributed by atoms with Gasteiger partial charge in [0.25, 0.3) is 0 Å². The Morgan fingerprint density at radius 1 is 0.537 bits per heavy atom. The number of carboxylic acids is 1. The smallest absolute Gasteiger partial charge is 0.460 e. The predicted octanol–water partition coefficient (Wildman–Crippen LogP) is 11.7. The molecule has 3 aromatic rings. The van der Waals surface area contributed by atoms with E-state index in [2.05, 4.69) is 0 Å². The number of benzene rings is 3. The van der Waals surface area contributed by atoms with Crippen molar-refractivity contribution in [2.24, 2.45) is 0 Å². The molecule has 446 valence electrons. The second-order valence-electron chi connectivity index (χ2n) is 19.8. The van der Waals surface area contributed by atoms with E-state index in [1.807, 2.05) is 0 Å². The third-order valence-electron chi connectivity index (χ3n) is 13.6. The van der Waals surface area contributed by atoms with Crippen LogP contribution in [0.1, 0.15) is 87.0 Å². The highest BCUT2D eigenvalue weighted by molar-refractivity contribution is 5.99. The fourth-order valence-electron chi connectivity index (χ4n) is 9.45. The number of allylic oxidation sites excluding steroid dienone is 2. The summed E-state index contributed by atoms with van der Waals surface area (Å²) in [4.78, 5) is 13.4. The lowest BCUT2D eigenvalue weighted by Gasteiger charge is -2.45. The van der Waals surface area contributed by atoms with Crippen LogP contribution in [0.3, 0.4) is 0 Å². The first-order valence-electron chi connectivity index (χ1n) is 22.3. The molecule has 0 aromatic heterocycles. The molecule has 0 saturated heterocycles. The number of fused-ring (bicyclic) bond motifs is 4. The molecule has 1 N–H and O–H groups in total. The molecule has 0 radical (unpaired) electrons. The molecule has 0 atom stereocenters. The molecule has 0 fully saturated rings. The van der Waals surface area contributed by atoms with Crippen LogP contribution in [0.4, 0.5) is 120 Å². The van der Waals surface area contributed by atoms with Gasteiger partial charge < -0.3 is 27.2 Å². The number of alkyl halides is 26. The molecule has 3 aliphatic heterocycles. The molecule has 0 aliphatic carbocycles. The van der Waals surface area contributed by atoms with Crippen molar-refractivity contribution >= 4 is 28.4 Å². The fourth-order valence-corrected chi connectivity index (χ4v) is 9.45. The normalized spacial score (nSPS) is 17.6. The number of carboxylic acid groups (broad SMARTS) is 1. The van der Waals surface area contributed by atoms with Gasteiger partial charge in [-0.15, -0.1) is 0 Å². The summed E-state index contributed by atoms with van der Waals surface area (Å²) in [6.07, 6.45) is -18.2. The lowest BCUT2D eigenvalue weighted by Crippen LogP contribution is -3.00. The van der Waals surface area contributed by atoms with E-state index in [1.165, 1.54) is 84.0 Å². The standard InChI is InChI=1S/C48H36F26N2O3.ClH/c1-21-19-35(3,4)75(13-11-37(49,50)39(53,54)41(57,58)43(61,62)45(65,66)47(69,70)71)29-17-31-27(15-25(21)29)33(23-9-7-8-10-24(23)34(77)78)28-16-26-22(2)20-36(5,6)76(30(26)18-32(28)79-31)14-12-38(51,52)40(55,56)42(59,60)44(63,64)46(67,68)48(72,73)74;/h7-10,15-20H,11-14H2,1-6H3;1H. The summed E-state index contributed by atoms with van der Waals surface area (Å²) >= 11 is 0. The van der Waals surface area contributed by atoms with Crippen LogP contribution in [0.15, 0.2) is 60.7 Å². The van der Waals surface area contributed by atoms with Crippen molar-refractivity contribution in [2.75, 3.05) is 18.0 Å². The lowest BCUT2D eigenvalue weighted by molar-refractivity contribution is -0.440. The lowest BCUT2D eigenvalue weighted by atomic mass is 9.83. The van der Waals surface area contributed by atoms with Crippen LogP contribution < -0.4 is 37.2 Å². The van der Waals surface area contributed by atoms with Gasteiger partial charge in [-0.25, -0.2) is 9.37 Å². The molecular weight excluding hydrogens is 1180 g/mol. The minimum atomic E-state index is -8.19. The van der Waals surface area contributed by atoms with Crippen LogP contribution in [0.25, 0.3) is 16.7 Å². The maximum Gasteiger partial charge on any atom is 0.460 e. The highest BCUT2D eigenvalue weighted by Crippen LogP contribution is 2.63. The number of aromatic carboxylic acids is 1. The number of rotatable bonds is 16. The van der Waals surface area contributed by atoms with Crippen molar-refractivity contribution in [3.05, 3.63) is 99.1 Å². The molecule has 0 unspecified atom stereocenters. The quantitative estimate of drug-likeness (QED) is 0.0897. The fraction of sp³-hybridized carbons (Fsp3) is 0.500. The van der Waals surface area contributed by atoms with Crippen molar-refractivity contribution < 1.29 is 141 Å². The Bertz CT molecular complexity index is 3170. The number of hydrogen-bond acceptors (Lipinski definition) is 3. The molecule has 0 amide bonds. The summed E-state index contributed by atoms with van der Waals surface area (Å²) in [5.41, 5.74) is -4.70. The largest absolute Gasteiger partial charge is 1.00 e. The van der Waals surface area contributed by atoms with E-state index in [9.17, 15) is 106 Å². The zero-order valence-electron chi connectivity index (χ0n) is 41.0. The summed E-state index contributed by atoms with van der Waals surface area (Å²) < 4.78 is 374. The van der Waals surface area contributed by atoms with Crippen molar-refractivity contribution in [1.29, 1.82) is 0 Å². The first-order valence-corrected chi connectivity index (χ1v) is 22.3. The van der Waals surface area contributed by atoms with Gasteiger partial charge in [0.2, 0.25) is 5.36 Å². The molecule has 3 aliphatic rings. The molecule has 0 spiro atoms. The van der Waals surface area contributed by atoms with E-state index in [0.29, 0.717) is 0 Å². The van der Waals surface area contributed by atoms with Crippen LogP contribution in [0, 0.1) is 0 Å². The minimum Gasteiger partial charge on any atom is -1.00 e. The van der Waals surface area contributed by atoms with Crippen LogP contribution >= 0.6 is 0 Å². The van der Waals surface area contributed by atoms with Gasteiger partial charge in [0.05, 0.1) is 23.6 Å². The third kappa shape index (κ3) is 9.46. The second kappa shape index (κ2) is 19.2. The molecule has 0 bridgehead atoms. The maximum absolute atomic E-state index is 15.3.